The number of hydrogen-bond acceptors (Lipinski definition) is 7. The third-order valence-corrected chi connectivity index (χ3v) is 5.50. The van der Waals surface area contributed by atoms with E-state index in [1.54, 1.807) is 24.6 Å². The smallest absolute Gasteiger partial charge is 0.228 e. The standard InChI is InChI=1S/C24H22F2N6O3/c1-24(2,12-33)32-11-18(17-10-29-23(27)31-22(17)32)21(35)14-5-16(9-28-8-14)30-20(34)6-13-3-4-15(25)7-19(13)26/h3-5,7-11,33H,6,12H2,1-2H3,(H,30,34)(H2,27,29,31). The highest BCUT2D eigenvalue weighted by molar-refractivity contribution is 6.16. The number of nitrogens with two attached hydrogens (primary N) is 1. The summed E-state index contributed by atoms with van der Waals surface area (Å²) >= 11 is 0. The lowest BCUT2D eigenvalue weighted by Gasteiger charge is -2.24. The van der Waals surface area contributed by atoms with Crippen LogP contribution in [-0.4, -0.2) is 42.9 Å². The fourth-order valence-electron chi connectivity index (χ4n) is 3.57. The first kappa shape index (κ1) is 23.9. The zero-order valence-electron chi connectivity index (χ0n) is 18.9. The van der Waals surface area contributed by atoms with Crippen molar-refractivity contribution in [3.63, 3.8) is 0 Å². The molecular weight excluding hydrogens is 458 g/mol. The van der Waals surface area contributed by atoms with Crippen LogP contribution in [0.25, 0.3) is 11.0 Å². The number of nitrogen functional groups attached to an aromatic ring is 1. The first-order chi connectivity index (χ1) is 16.6. The third-order valence-electron chi connectivity index (χ3n) is 5.50. The summed E-state index contributed by atoms with van der Waals surface area (Å²) < 4.78 is 28.6. The Morgan fingerprint density at radius 1 is 1.17 bits per heavy atom. The van der Waals surface area contributed by atoms with E-state index in [0.29, 0.717) is 17.1 Å². The van der Waals surface area contributed by atoms with Gasteiger partial charge in [0, 0.05) is 35.6 Å². The van der Waals surface area contributed by atoms with E-state index in [4.69, 9.17) is 5.73 Å². The molecule has 0 saturated heterocycles. The van der Waals surface area contributed by atoms with Crippen molar-refractivity contribution in [2.75, 3.05) is 17.7 Å². The first-order valence-corrected chi connectivity index (χ1v) is 10.6. The number of nitrogens with one attached hydrogen (secondary N) is 1. The van der Waals surface area contributed by atoms with Crippen molar-refractivity contribution in [3.8, 4) is 0 Å². The van der Waals surface area contributed by atoms with Crippen LogP contribution in [0.5, 0.6) is 0 Å². The van der Waals surface area contributed by atoms with Gasteiger partial charge in [-0.3, -0.25) is 14.6 Å². The Morgan fingerprint density at radius 3 is 2.66 bits per heavy atom. The molecule has 3 heterocycles. The Hall–Kier alpha value is -4.25. The number of aromatic nitrogens is 4. The SMILES string of the molecule is CC(C)(CO)n1cc(C(=O)c2cncc(NC(=O)Cc3ccc(F)cc3F)c2)c2cnc(N)nc21. The lowest BCUT2D eigenvalue weighted by molar-refractivity contribution is -0.115. The summed E-state index contributed by atoms with van der Waals surface area (Å²) in [5.74, 6) is -2.52. The molecule has 0 aliphatic rings. The van der Waals surface area contributed by atoms with Crippen LogP contribution in [0.4, 0.5) is 20.4 Å². The number of halogens is 2. The summed E-state index contributed by atoms with van der Waals surface area (Å²) in [4.78, 5) is 38.0. The Balaban J connectivity index is 1.62. The molecule has 11 heteroatoms. The predicted octanol–water partition coefficient (Wildman–Crippen LogP) is 2.83. The van der Waals surface area contributed by atoms with Crippen molar-refractivity contribution in [2.24, 2.45) is 0 Å². The van der Waals surface area contributed by atoms with E-state index >= 15 is 0 Å². The first-order valence-electron chi connectivity index (χ1n) is 10.6. The molecule has 1 aromatic carbocycles. The van der Waals surface area contributed by atoms with Crippen LogP contribution in [0, 0.1) is 11.6 Å². The van der Waals surface area contributed by atoms with Crippen LogP contribution in [0.15, 0.2) is 49.1 Å². The van der Waals surface area contributed by atoms with Gasteiger partial charge in [0.25, 0.3) is 0 Å². The summed E-state index contributed by atoms with van der Waals surface area (Å²) in [6.07, 6.45) is 5.37. The Labute approximate surface area is 198 Å². The van der Waals surface area contributed by atoms with Gasteiger partial charge in [0.15, 0.2) is 5.78 Å². The number of carbonyl (C=O) groups excluding carboxylic acids is 2. The normalized spacial score (nSPS) is 11.6. The second-order valence-corrected chi connectivity index (χ2v) is 8.60. The number of fused-ring (bicyclic) bond motifs is 1. The number of rotatable bonds is 7. The number of ketones is 1. The Kier molecular flexibility index (Phi) is 6.27. The highest BCUT2D eigenvalue weighted by Gasteiger charge is 2.27. The largest absolute Gasteiger partial charge is 0.394 e. The molecule has 4 aromatic rings. The molecule has 0 unspecified atom stereocenters. The number of nitrogens with zero attached hydrogens (tertiary/aromatic N) is 4. The van der Waals surface area contributed by atoms with Crippen molar-refractivity contribution in [2.45, 2.75) is 25.8 Å². The van der Waals surface area contributed by atoms with Gasteiger partial charge in [-0.1, -0.05) is 6.07 Å². The molecule has 4 N–H and O–H groups in total. The monoisotopic (exact) mass is 480 g/mol. The summed E-state index contributed by atoms with van der Waals surface area (Å²) in [7, 11) is 0. The molecule has 180 valence electrons. The van der Waals surface area contributed by atoms with Gasteiger partial charge in [-0.05, 0) is 31.5 Å². The minimum atomic E-state index is -0.827. The molecule has 0 spiro atoms. The van der Waals surface area contributed by atoms with E-state index in [1.165, 1.54) is 30.7 Å². The molecule has 0 atom stereocenters. The van der Waals surface area contributed by atoms with Crippen LogP contribution in [0.2, 0.25) is 0 Å². The zero-order valence-corrected chi connectivity index (χ0v) is 18.9. The van der Waals surface area contributed by atoms with Crippen molar-refractivity contribution >= 4 is 34.4 Å². The maximum atomic E-state index is 13.9. The molecule has 35 heavy (non-hydrogen) atoms. The van der Waals surface area contributed by atoms with Gasteiger partial charge in [-0.15, -0.1) is 0 Å². The second-order valence-electron chi connectivity index (χ2n) is 8.60. The fraction of sp³-hybridized carbons (Fsp3) is 0.208. The molecule has 9 nitrogen and oxygen atoms in total. The minimum Gasteiger partial charge on any atom is -0.394 e. The van der Waals surface area contributed by atoms with Gasteiger partial charge in [0.05, 0.1) is 36.0 Å². The van der Waals surface area contributed by atoms with Crippen LogP contribution < -0.4 is 11.1 Å². The van der Waals surface area contributed by atoms with E-state index in [1.807, 2.05) is 0 Å². The van der Waals surface area contributed by atoms with E-state index < -0.39 is 28.9 Å². The summed E-state index contributed by atoms with van der Waals surface area (Å²) in [5.41, 5.74) is 6.04. The fourth-order valence-corrected chi connectivity index (χ4v) is 3.57. The second kappa shape index (κ2) is 9.18. The molecular formula is C24H22F2N6O3. The van der Waals surface area contributed by atoms with E-state index in [2.05, 4.69) is 20.3 Å². The molecule has 0 bridgehead atoms. The molecule has 0 saturated carbocycles. The van der Waals surface area contributed by atoms with Crippen LogP contribution in [0.3, 0.4) is 0 Å². The lowest BCUT2D eigenvalue weighted by atomic mass is 10.1. The Morgan fingerprint density at radius 2 is 1.94 bits per heavy atom. The predicted molar refractivity (Wildman–Crippen MR) is 125 cm³/mol. The van der Waals surface area contributed by atoms with Gasteiger partial charge in [0.1, 0.15) is 17.3 Å². The van der Waals surface area contributed by atoms with E-state index in [9.17, 15) is 23.5 Å². The quantitative estimate of drug-likeness (QED) is 0.346. The van der Waals surface area contributed by atoms with Crippen molar-refractivity contribution in [1.29, 1.82) is 0 Å². The van der Waals surface area contributed by atoms with Crippen LogP contribution in [-0.2, 0) is 16.8 Å². The number of hydrogen-bond donors (Lipinski definition) is 3. The van der Waals surface area contributed by atoms with Gasteiger partial charge < -0.3 is 20.7 Å². The number of carbonyl (C=O) groups is 2. The topological polar surface area (TPSA) is 136 Å². The van der Waals surface area contributed by atoms with Gasteiger partial charge in [0.2, 0.25) is 11.9 Å². The van der Waals surface area contributed by atoms with Gasteiger partial charge >= 0.3 is 0 Å². The van der Waals surface area contributed by atoms with Crippen LogP contribution >= 0.6 is 0 Å². The number of amides is 1. The Bertz CT molecular complexity index is 1450. The number of aliphatic hydroxyl groups excluding tert-OH is 1. The average molecular weight is 480 g/mol. The zero-order chi connectivity index (χ0) is 25.3. The number of aliphatic hydroxyl groups is 1. The molecule has 0 aliphatic carbocycles. The molecule has 0 radical (unpaired) electrons. The number of benzene rings is 1. The maximum Gasteiger partial charge on any atom is 0.228 e. The number of pyridine rings is 1. The highest BCUT2D eigenvalue weighted by Crippen LogP contribution is 2.28. The van der Waals surface area contributed by atoms with Crippen molar-refractivity contribution < 1.29 is 23.5 Å². The molecule has 4 rings (SSSR count). The third kappa shape index (κ3) is 4.85. The van der Waals surface area contributed by atoms with E-state index in [0.717, 1.165) is 6.07 Å². The van der Waals surface area contributed by atoms with Gasteiger partial charge in [-0.25, -0.2) is 13.8 Å². The number of anilines is 2. The van der Waals surface area contributed by atoms with E-state index in [-0.39, 0.29) is 41.4 Å². The molecule has 1 amide bonds. The lowest BCUT2D eigenvalue weighted by Crippen LogP contribution is -2.30. The summed E-state index contributed by atoms with van der Waals surface area (Å²) in [6, 6.07) is 4.40. The molecule has 0 aliphatic heterocycles. The van der Waals surface area contributed by atoms with Crippen molar-refractivity contribution in [1.82, 2.24) is 19.5 Å². The molecule has 3 aromatic heterocycles. The maximum absolute atomic E-state index is 13.9. The molecule has 0 fully saturated rings. The summed E-state index contributed by atoms with van der Waals surface area (Å²) in [5, 5.41) is 12.8. The van der Waals surface area contributed by atoms with Crippen LogP contribution in [0.1, 0.15) is 35.3 Å². The van der Waals surface area contributed by atoms with Crippen molar-refractivity contribution in [3.05, 3.63) is 77.4 Å². The van der Waals surface area contributed by atoms with Gasteiger partial charge in [-0.2, -0.15) is 4.98 Å². The summed E-state index contributed by atoms with van der Waals surface area (Å²) in [6.45, 7) is 3.34. The average Bonchev–Trinajstić information content (AvgIpc) is 3.20. The highest BCUT2D eigenvalue weighted by atomic mass is 19.1. The minimum absolute atomic E-state index is 0.0218.